The van der Waals surface area contributed by atoms with E-state index < -0.39 is 0 Å². The van der Waals surface area contributed by atoms with Crippen LogP contribution in [0.15, 0.2) is 24.8 Å². The molecule has 0 spiro atoms. The van der Waals surface area contributed by atoms with Crippen LogP contribution in [0.3, 0.4) is 0 Å². The monoisotopic (exact) mass is 213 g/mol. The van der Waals surface area contributed by atoms with Crippen molar-refractivity contribution in [3.05, 3.63) is 41.5 Å². The van der Waals surface area contributed by atoms with E-state index in [1.165, 1.54) is 24.9 Å². The second kappa shape index (κ2) is 3.46. The zero-order valence-corrected chi connectivity index (χ0v) is 9.92. The first-order valence-electron chi connectivity index (χ1n) is 6.19. The zero-order valence-electron chi connectivity index (χ0n) is 9.92. The molecule has 1 heteroatoms. The maximum Gasteiger partial charge on any atom is 0.00324 e. The van der Waals surface area contributed by atoms with Crippen molar-refractivity contribution >= 4 is 6.08 Å². The van der Waals surface area contributed by atoms with E-state index >= 15 is 0 Å². The van der Waals surface area contributed by atoms with Gasteiger partial charge in [0.05, 0.1) is 0 Å². The predicted octanol–water partition coefficient (Wildman–Crippen LogP) is 2.97. The minimum absolute atomic E-state index is 0.479. The molecule has 1 fully saturated rings. The highest BCUT2D eigenvalue weighted by Gasteiger charge is 2.43. The molecular weight excluding hydrogens is 194 g/mol. The van der Waals surface area contributed by atoms with E-state index in [0.29, 0.717) is 11.3 Å². The third-order valence-electron chi connectivity index (χ3n) is 4.51. The number of benzene rings is 1. The Kier molecular flexibility index (Phi) is 2.18. The van der Waals surface area contributed by atoms with Crippen LogP contribution >= 0.6 is 0 Å². The molecule has 1 heterocycles. The van der Waals surface area contributed by atoms with E-state index in [0.717, 1.165) is 6.54 Å². The summed E-state index contributed by atoms with van der Waals surface area (Å²) in [4.78, 5) is 0. The summed E-state index contributed by atoms with van der Waals surface area (Å²) in [6.07, 6.45) is 4.53. The lowest BCUT2D eigenvalue weighted by Crippen LogP contribution is -2.30. The first-order chi connectivity index (χ1) is 7.74. The van der Waals surface area contributed by atoms with Crippen LogP contribution in [0.25, 0.3) is 6.08 Å². The van der Waals surface area contributed by atoms with Crippen LogP contribution in [-0.4, -0.2) is 13.1 Å². The molecule has 84 valence electrons. The molecule has 0 amide bonds. The molecule has 2 aliphatic rings. The fourth-order valence-electron chi connectivity index (χ4n) is 3.46. The maximum atomic E-state index is 3.93. The molecule has 1 aliphatic carbocycles. The third-order valence-corrected chi connectivity index (χ3v) is 4.51. The Labute approximate surface area is 97.6 Å². The van der Waals surface area contributed by atoms with Crippen LogP contribution in [0.2, 0.25) is 0 Å². The quantitative estimate of drug-likeness (QED) is 0.756. The highest BCUT2D eigenvalue weighted by molar-refractivity contribution is 5.56. The highest BCUT2D eigenvalue weighted by atomic mass is 14.9. The first kappa shape index (κ1) is 10.1. The summed E-state index contributed by atoms with van der Waals surface area (Å²) in [7, 11) is 0. The molecule has 1 N–H and O–H groups in total. The minimum Gasteiger partial charge on any atom is -0.316 e. The van der Waals surface area contributed by atoms with Gasteiger partial charge in [-0.3, -0.25) is 0 Å². The van der Waals surface area contributed by atoms with Gasteiger partial charge in [0.1, 0.15) is 0 Å². The van der Waals surface area contributed by atoms with Crippen LogP contribution in [-0.2, 0) is 6.42 Å². The molecule has 1 saturated heterocycles. The van der Waals surface area contributed by atoms with Crippen molar-refractivity contribution in [1.82, 2.24) is 5.32 Å². The lowest BCUT2D eigenvalue weighted by molar-refractivity contribution is 0.277. The van der Waals surface area contributed by atoms with Crippen LogP contribution in [0.5, 0.6) is 0 Å². The fourth-order valence-corrected chi connectivity index (χ4v) is 3.46. The van der Waals surface area contributed by atoms with Gasteiger partial charge >= 0.3 is 0 Å². The molecule has 1 aromatic carbocycles. The SMILES string of the molecule is C=Cc1cccc2c1CC[C@]1(C)CNC[C@H]21. The Hall–Kier alpha value is -1.08. The standard InChI is InChI=1S/C15H19N/c1-3-11-5-4-6-13-12(11)7-8-15(2)10-16-9-14(13)15/h3-6,14,16H,1,7-10H2,2H3/t14-,15-/m1/s1. The number of nitrogens with one attached hydrogen (secondary N) is 1. The van der Waals surface area contributed by atoms with Crippen LogP contribution < -0.4 is 5.32 Å². The second-order valence-electron chi connectivity index (χ2n) is 5.46. The number of rotatable bonds is 1. The highest BCUT2D eigenvalue weighted by Crippen LogP contribution is 2.48. The van der Waals surface area contributed by atoms with Gasteiger partial charge in [-0.05, 0) is 34.9 Å². The van der Waals surface area contributed by atoms with Crippen molar-refractivity contribution in [3.8, 4) is 0 Å². The molecule has 1 aromatic rings. The van der Waals surface area contributed by atoms with Crippen molar-refractivity contribution in [2.75, 3.05) is 13.1 Å². The van der Waals surface area contributed by atoms with E-state index in [1.807, 2.05) is 6.08 Å². The molecule has 0 aromatic heterocycles. The Balaban J connectivity index is 2.13. The van der Waals surface area contributed by atoms with Crippen LogP contribution in [0.1, 0.15) is 36.0 Å². The predicted molar refractivity (Wildman–Crippen MR) is 68.6 cm³/mol. The van der Waals surface area contributed by atoms with Crippen molar-refractivity contribution in [1.29, 1.82) is 0 Å². The lowest BCUT2D eigenvalue weighted by Gasteiger charge is -2.37. The van der Waals surface area contributed by atoms with E-state index in [2.05, 4.69) is 37.0 Å². The molecule has 0 saturated carbocycles. The Morgan fingerprint density at radius 2 is 2.38 bits per heavy atom. The lowest BCUT2D eigenvalue weighted by atomic mass is 9.66. The van der Waals surface area contributed by atoms with Gasteiger partial charge in [0.25, 0.3) is 0 Å². The van der Waals surface area contributed by atoms with E-state index in [4.69, 9.17) is 0 Å². The van der Waals surface area contributed by atoms with E-state index in [9.17, 15) is 0 Å². The van der Waals surface area contributed by atoms with Gasteiger partial charge in [-0.25, -0.2) is 0 Å². The van der Waals surface area contributed by atoms with Gasteiger partial charge in [-0.2, -0.15) is 0 Å². The van der Waals surface area contributed by atoms with Gasteiger partial charge in [0.2, 0.25) is 0 Å². The zero-order chi connectivity index (χ0) is 11.2. The summed E-state index contributed by atoms with van der Waals surface area (Å²) in [6, 6.07) is 6.69. The smallest absolute Gasteiger partial charge is 0.00324 e. The summed E-state index contributed by atoms with van der Waals surface area (Å²) in [5, 5.41) is 3.56. The summed E-state index contributed by atoms with van der Waals surface area (Å²) < 4.78 is 0. The number of hydrogen-bond donors (Lipinski definition) is 1. The van der Waals surface area contributed by atoms with Crippen LogP contribution in [0.4, 0.5) is 0 Å². The van der Waals surface area contributed by atoms with Crippen molar-refractivity contribution < 1.29 is 0 Å². The van der Waals surface area contributed by atoms with E-state index in [1.54, 1.807) is 11.1 Å². The second-order valence-corrected chi connectivity index (χ2v) is 5.46. The Morgan fingerprint density at radius 3 is 3.19 bits per heavy atom. The first-order valence-corrected chi connectivity index (χ1v) is 6.19. The Bertz CT molecular complexity index is 435. The number of hydrogen-bond acceptors (Lipinski definition) is 1. The average molecular weight is 213 g/mol. The largest absolute Gasteiger partial charge is 0.316 e. The molecule has 1 nitrogen and oxygen atoms in total. The molecule has 0 bridgehead atoms. The topological polar surface area (TPSA) is 12.0 Å². The van der Waals surface area contributed by atoms with Gasteiger partial charge in [-0.15, -0.1) is 0 Å². The third kappa shape index (κ3) is 1.28. The molecular formula is C15H19N. The minimum atomic E-state index is 0.479. The average Bonchev–Trinajstić information content (AvgIpc) is 2.70. The van der Waals surface area contributed by atoms with E-state index in [-0.39, 0.29) is 0 Å². The molecule has 1 aliphatic heterocycles. The van der Waals surface area contributed by atoms with Crippen LogP contribution in [0, 0.1) is 5.41 Å². The summed E-state index contributed by atoms with van der Waals surface area (Å²) in [5.74, 6) is 0.705. The molecule has 2 atom stereocenters. The van der Waals surface area contributed by atoms with Crippen molar-refractivity contribution in [2.45, 2.75) is 25.7 Å². The Morgan fingerprint density at radius 1 is 1.50 bits per heavy atom. The van der Waals surface area contributed by atoms with Crippen molar-refractivity contribution in [3.63, 3.8) is 0 Å². The van der Waals surface area contributed by atoms with Gasteiger partial charge in [-0.1, -0.05) is 37.8 Å². The molecule has 0 radical (unpaired) electrons. The van der Waals surface area contributed by atoms with Crippen molar-refractivity contribution in [2.24, 2.45) is 5.41 Å². The normalized spacial score (nSPS) is 31.9. The maximum absolute atomic E-state index is 3.93. The molecule has 3 rings (SSSR count). The fraction of sp³-hybridized carbons (Fsp3) is 0.467. The van der Waals surface area contributed by atoms with Gasteiger partial charge in [0, 0.05) is 19.0 Å². The summed E-state index contributed by atoms with van der Waals surface area (Å²) in [5.41, 5.74) is 4.93. The van der Waals surface area contributed by atoms with Gasteiger partial charge < -0.3 is 5.32 Å². The summed E-state index contributed by atoms with van der Waals surface area (Å²) >= 11 is 0. The van der Waals surface area contributed by atoms with Gasteiger partial charge in [0.15, 0.2) is 0 Å². The summed E-state index contributed by atoms with van der Waals surface area (Å²) in [6.45, 7) is 8.68. The number of fused-ring (bicyclic) bond motifs is 3. The molecule has 16 heavy (non-hydrogen) atoms. The molecule has 0 unspecified atom stereocenters.